The highest BCUT2D eigenvalue weighted by atomic mass is 16.2. The normalized spacial score (nSPS) is 31.5. The van der Waals surface area contributed by atoms with Gasteiger partial charge >= 0.3 is 0 Å². The first-order chi connectivity index (χ1) is 9.77. The van der Waals surface area contributed by atoms with Crippen LogP contribution in [0.5, 0.6) is 0 Å². The monoisotopic (exact) mass is 294 g/mol. The number of amides is 1. The molecule has 0 aromatic rings. The van der Waals surface area contributed by atoms with Crippen molar-refractivity contribution in [1.82, 2.24) is 10.2 Å². The molecule has 2 aliphatic heterocycles. The second-order valence-electron chi connectivity index (χ2n) is 8.52. The number of nitrogens with one attached hydrogen (secondary N) is 1. The van der Waals surface area contributed by atoms with E-state index in [1.165, 1.54) is 6.42 Å². The first kappa shape index (κ1) is 16.8. The van der Waals surface area contributed by atoms with Crippen molar-refractivity contribution in [1.29, 1.82) is 0 Å². The molecule has 0 bridgehead atoms. The molecule has 2 aliphatic rings. The van der Waals surface area contributed by atoms with Crippen LogP contribution in [0.3, 0.4) is 0 Å². The topological polar surface area (TPSA) is 32.3 Å². The van der Waals surface area contributed by atoms with Gasteiger partial charge in [0.05, 0.1) is 5.41 Å². The highest BCUT2D eigenvalue weighted by Gasteiger charge is 2.46. The Balaban J connectivity index is 2.06. The van der Waals surface area contributed by atoms with Crippen molar-refractivity contribution in [3.8, 4) is 0 Å². The van der Waals surface area contributed by atoms with E-state index in [2.05, 4.69) is 44.8 Å². The lowest BCUT2D eigenvalue weighted by Gasteiger charge is -2.36. The fraction of sp³-hybridized carbons (Fsp3) is 0.944. The first-order valence-corrected chi connectivity index (χ1v) is 8.77. The Hall–Kier alpha value is -0.570. The third-order valence-corrected chi connectivity index (χ3v) is 5.96. The van der Waals surface area contributed by atoms with Crippen molar-refractivity contribution < 1.29 is 4.79 Å². The Morgan fingerprint density at radius 2 is 1.95 bits per heavy atom. The molecule has 2 fully saturated rings. The smallest absolute Gasteiger partial charge is 0.230 e. The first-order valence-electron chi connectivity index (χ1n) is 8.77. The molecule has 21 heavy (non-hydrogen) atoms. The summed E-state index contributed by atoms with van der Waals surface area (Å²) in [6, 6.07) is 0. The second-order valence-corrected chi connectivity index (χ2v) is 8.52. The number of rotatable bonds is 2. The van der Waals surface area contributed by atoms with E-state index in [1.54, 1.807) is 0 Å². The van der Waals surface area contributed by atoms with Gasteiger partial charge in [-0.15, -0.1) is 0 Å². The standard InChI is InChI=1S/C18H34N2O/c1-14(2)18(9-10-19-13-18)16(21)20-11-6-7-15(8-12-20)17(3,4)5/h14-15,19H,6-13H2,1-5H3. The molecule has 122 valence electrons. The summed E-state index contributed by atoms with van der Waals surface area (Å²) in [5, 5.41) is 3.42. The van der Waals surface area contributed by atoms with E-state index in [1.807, 2.05) is 0 Å². The van der Waals surface area contributed by atoms with Crippen molar-refractivity contribution in [3.63, 3.8) is 0 Å². The van der Waals surface area contributed by atoms with E-state index >= 15 is 0 Å². The summed E-state index contributed by atoms with van der Waals surface area (Å²) in [4.78, 5) is 15.3. The average molecular weight is 294 g/mol. The molecule has 0 aromatic carbocycles. The van der Waals surface area contributed by atoms with Crippen LogP contribution in [0.2, 0.25) is 0 Å². The molecular weight excluding hydrogens is 260 g/mol. The largest absolute Gasteiger partial charge is 0.342 e. The molecule has 0 aliphatic carbocycles. The molecule has 1 N–H and O–H groups in total. The lowest BCUT2D eigenvalue weighted by atomic mass is 9.75. The van der Waals surface area contributed by atoms with Crippen LogP contribution >= 0.6 is 0 Å². The maximum absolute atomic E-state index is 13.2. The molecule has 2 atom stereocenters. The summed E-state index contributed by atoms with van der Waals surface area (Å²) in [7, 11) is 0. The van der Waals surface area contributed by atoms with E-state index in [0.717, 1.165) is 51.4 Å². The quantitative estimate of drug-likeness (QED) is 0.847. The molecule has 0 spiro atoms. The summed E-state index contributed by atoms with van der Waals surface area (Å²) < 4.78 is 0. The van der Waals surface area contributed by atoms with E-state index in [9.17, 15) is 4.79 Å². The van der Waals surface area contributed by atoms with Crippen LogP contribution in [-0.4, -0.2) is 37.0 Å². The Morgan fingerprint density at radius 1 is 1.24 bits per heavy atom. The minimum atomic E-state index is -0.151. The Morgan fingerprint density at radius 3 is 2.48 bits per heavy atom. The number of carbonyl (C=O) groups excluding carboxylic acids is 1. The highest BCUT2D eigenvalue weighted by Crippen LogP contribution is 2.39. The summed E-state index contributed by atoms with van der Waals surface area (Å²) in [6.07, 6.45) is 4.59. The molecule has 3 heteroatoms. The van der Waals surface area contributed by atoms with Gasteiger partial charge in [0.1, 0.15) is 0 Å². The fourth-order valence-corrected chi connectivity index (χ4v) is 4.11. The van der Waals surface area contributed by atoms with Crippen molar-refractivity contribution >= 4 is 5.91 Å². The van der Waals surface area contributed by atoms with E-state index in [4.69, 9.17) is 0 Å². The lowest BCUT2D eigenvalue weighted by molar-refractivity contribution is -0.143. The van der Waals surface area contributed by atoms with Crippen molar-refractivity contribution in [2.75, 3.05) is 26.2 Å². The van der Waals surface area contributed by atoms with Gasteiger partial charge in [0.25, 0.3) is 0 Å². The van der Waals surface area contributed by atoms with Gasteiger partial charge < -0.3 is 10.2 Å². The van der Waals surface area contributed by atoms with E-state index in [-0.39, 0.29) is 5.41 Å². The Kier molecular flexibility index (Phi) is 5.02. The maximum atomic E-state index is 13.2. The molecule has 0 saturated carbocycles. The van der Waals surface area contributed by atoms with Crippen molar-refractivity contribution in [3.05, 3.63) is 0 Å². The van der Waals surface area contributed by atoms with Gasteiger partial charge in [0, 0.05) is 19.6 Å². The molecule has 3 nitrogen and oxygen atoms in total. The number of hydrogen-bond donors (Lipinski definition) is 1. The van der Waals surface area contributed by atoms with Crippen LogP contribution < -0.4 is 5.32 Å². The van der Waals surface area contributed by atoms with Gasteiger partial charge in [0.15, 0.2) is 0 Å². The molecule has 2 rings (SSSR count). The fourth-order valence-electron chi connectivity index (χ4n) is 4.11. The molecular formula is C18H34N2O. The summed E-state index contributed by atoms with van der Waals surface area (Å²) >= 11 is 0. The number of nitrogens with zero attached hydrogens (tertiary/aromatic N) is 1. The van der Waals surface area contributed by atoms with Gasteiger partial charge in [-0.2, -0.15) is 0 Å². The molecule has 2 heterocycles. The molecule has 2 saturated heterocycles. The van der Waals surface area contributed by atoms with Gasteiger partial charge in [0.2, 0.25) is 5.91 Å². The average Bonchev–Trinajstić information content (AvgIpc) is 2.75. The van der Waals surface area contributed by atoms with Crippen LogP contribution in [0.4, 0.5) is 0 Å². The van der Waals surface area contributed by atoms with Crippen LogP contribution in [0.25, 0.3) is 0 Å². The highest BCUT2D eigenvalue weighted by molar-refractivity contribution is 5.83. The Labute approximate surface area is 130 Å². The molecule has 0 aromatic heterocycles. The van der Waals surface area contributed by atoms with Gasteiger partial charge in [-0.05, 0) is 49.5 Å². The summed E-state index contributed by atoms with van der Waals surface area (Å²) in [5.41, 5.74) is 0.214. The SMILES string of the molecule is CC(C)C1(C(=O)N2CCCC(C(C)(C)C)CC2)CCNC1. The van der Waals surface area contributed by atoms with Crippen LogP contribution in [0, 0.1) is 22.7 Å². The predicted octanol–water partition coefficient (Wildman–Crippen LogP) is 3.30. The zero-order chi connectivity index (χ0) is 15.7. The zero-order valence-corrected chi connectivity index (χ0v) is 14.7. The predicted molar refractivity (Wildman–Crippen MR) is 88.1 cm³/mol. The van der Waals surface area contributed by atoms with Crippen LogP contribution in [0.1, 0.15) is 60.3 Å². The lowest BCUT2D eigenvalue weighted by Crippen LogP contribution is -2.48. The number of likely N-dealkylation sites (tertiary alicyclic amines) is 1. The van der Waals surface area contributed by atoms with E-state index in [0.29, 0.717) is 17.2 Å². The van der Waals surface area contributed by atoms with Gasteiger partial charge in [-0.25, -0.2) is 0 Å². The van der Waals surface area contributed by atoms with Crippen molar-refractivity contribution in [2.45, 2.75) is 60.3 Å². The second kappa shape index (κ2) is 6.28. The minimum Gasteiger partial charge on any atom is -0.342 e. The van der Waals surface area contributed by atoms with Gasteiger partial charge in [-0.1, -0.05) is 34.6 Å². The molecule has 2 unspecified atom stereocenters. The number of hydrogen-bond acceptors (Lipinski definition) is 2. The summed E-state index contributed by atoms with van der Waals surface area (Å²) in [5.74, 6) is 1.57. The van der Waals surface area contributed by atoms with Crippen LogP contribution in [0.15, 0.2) is 0 Å². The van der Waals surface area contributed by atoms with Crippen LogP contribution in [-0.2, 0) is 4.79 Å². The summed E-state index contributed by atoms with van der Waals surface area (Å²) in [6.45, 7) is 15.2. The van der Waals surface area contributed by atoms with Crippen molar-refractivity contribution in [2.24, 2.45) is 22.7 Å². The number of carbonyl (C=O) groups is 1. The Bertz CT molecular complexity index is 364. The third-order valence-electron chi connectivity index (χ3n) is 5.96. The molecule has 0 radical (unpaired) electrons. The maximum Gasteiger partial charge on any atom is 0.230 e. The minimum absolute atomic E-state index is 0.151. The zero-order valence-electron chi connectivity index (χ0n) is 14.7. The van der Waals surface area contributed by atoms with E-state index < -0.39 is 0 Å². The third kappa shape index (κ3) is 3.44. The van der Waals surface area contributed by atoms with Gasteiger partial charge in [-0.3, -0.25) is 4.79 Å². The molecule has 1 amide bonds.